The largest absolute Gasteiger partial charge is 0.272 e. The lowest BCUT2D eigenvalue weighted by Crippen LogP contribution is -2.18. The molecule has 1 aromatic heterocycles. The van der Waals surface area contributed by atoms with E-state index in [0.29, 0.717) is 10.6 Å². The van der Waals surface area contributed by atoms with Gasteiger partial charge in [-0.15, -0.1) is 0 Å². The summed E-state index contributed by atoms with van der Waals surface area (Å²) < 4.78 is 1.79. The molecule has 0 radical (unpaired) electrons. The highest BCUT2D eigenvalue weighted by atomic mass is 35.5. The van der Waals surface area contributed by atoms with Crippen LogP contribution in [0, 0.1) is 6.92 Å². The van der Waals surface area contributed by atoms with Gasteiger partial charge in [0.15, 0.2) is 0 Å². The summed E-state index contributed by atoms with van der Waals surface area (Å²) in [7, 11) is 0. The van der Waals surface area contributed by atoms with Crippen LogP contribution < -0.4 is 5.43 Å². The van der Waals surface area contributed by atoms with Gasteiger partial charge < -0.3 is 0 Å². The molecule has 154 valence electrons. The van der Waals surface area contributed by atoms with Crippen molar-refractivity contribution in [3.05, 3.63) is 106 Å². The van der Waals surface area contributed by atoms with Gasteiger partial charge in [0.2, 0.25) is 0 Å². The smallest absolute Gasteiger partial charge is 0.267 e. The van der Waals surface area contributed by atoms with Crippen LogP contribution in [0.2, 0.25) is 10.0 Å². The highest BCUT2D eigenvalue weighted by molar-refractivity contribution is 6.36. The first-order valence-electron chi connectivity index (χ1n) is 9.52. The fourth-order valence-electron chi connectivity index (χ4n) is 3.11. The zero-order valence-corrected chi connectivity index (χ0v) is 18.1. The van der Waals surface area contributed by atoms with Crippen LogP contribution in [0.15, 0.2) is 84.1 Å². The number of rotatable bonds is 5. The number of halogens is 2. The highest BCUT2D eigenvalue weighted by Crippen LogP contribution is 2.24. The van der Waals surface area contributed by atoms with Crippen molar-refractivity contribution in [2.24, 2.45) is 5.10 Å². The van der Waals surface area contributed by atoms with Gasteiger partial charge in [0.25, 0.3) is 5.91 Å². The summed E-state index contributed by atoms with van der Waals surface area (Å²) in [6.07, 6.45) is 3.45. The number of aryl methyl sites for hydroxylation is 1. The molecule has 0 bridgehead atoms. The number of nitrogens with one attached hydrogen (secondary N) is 1. The summed E-state index contributed by atoms with van der Waals surface area (Å²) >= 11 is 12.0. The summed E-state index contributed by atoms with van der Waals surface area (Å²) in [5.41, 5.74) is 7.34. The maximum Gasteiger partial charge on any atom is 0.272 e. The van der Waals surface area contributed by atoms with Crippen molar-refractivity contribution in [1.82, 2.24) is 15.2 Å². The zero-order valence-electron chi connectivity index (χ0n) is 16.6. The maximum absolute atomic E-state index is 12.4. The number of hydrogen-bond donors (Lipinski definition) is 1. The van der Waals surface area contributed by atoms with Crippen LogP contribution in [0.5, 0.6) is 0 Å². The van der Waals surface area contributed by atoms with E-state index in [9.17, 15) is 4.79 Å². The van der Waals surface area contributed by atoms with Crippen molar-refractivity contribution < 1.29 is 4.79 Å². The fraction of sp³-hybridized carbons (Fsp3) is 0.0417. The Bertz CT molecular complexity index is 1270. The van der Waals surface area contributed by atoms with Crippen LogP contribution in [0.25, 0.3) is 16.9 Å². The van der Waals surface area contributed by atoms with Crippen LogP contribution >= 0.6 is 23.2 Å². The Balaban J connectivity index is 1.64. The van der Waals surface area contributed by atoms with E-state index in [-0.39, 0.29) is 5.02 Å². The predicted octanol–water partition coefficient (Wildman–Crippen LogP) is 5.92. The number of nitrogens with zero attached hydrogens (tertiary/aromatic N) is 3. The van der Waals surface area contributed by atoms with Crippen molar-refractivity contribution in [2.45, 2.75) is 6.92 Å². The van der Waals surface area contributed by atoms with E-state index in [4.69, 9.17) is 28.3 Å². The number of carbonyl (C=O) groups excluding carboxylic acids is 1. The first kappa shape index (κ1) is 20.8. The highest BCUT2D eigenvalue weighted by Gasteiger charge is 2.13. The average molecular weight is 449 g/mol. The molecular weight excluding hydrogens is 431 g/mol. The van der Waals surface area contributed by atoms with Gasteiger partial charge in [-0.05, 0) is 43.3 Å². The Morgan fingerprint density at radius 2 is 1.84 bits per heavy atom. The fourth-order valence-corrected chi connectivity index (χ4v) is 3.60. The minimum absolute atomic E-state index is 0.262. The molecule has 4 rings (SSSR count). The van der Waals surface area contributed by atoms with E-state index in [2.05, 4.69) is 16.6 Å². The molecule has 4 aromatic rings. The molecule has 0 saturated heterocycles. The minimum atomic E-state index is -0.425. The number of aromatic nitrogens is 2. The van der Waals surface area contributed by atoms with Crippen molar-refractivity contribution in [3.63, 3.8) is 0 Å². The molecule has 31 heavy (non-hydrogen) atoms. The Hall–Kier alpha value is -3.41. The second kappa shape index (κ2) is 9.16. The Morgan fingerprint density at radius 3 is 2.58 bits per heavy atom. The molecule has 0 aliphatic rings. The van der Waals surface area contributed by atoms with Gasteiger partial charge in [-0.3, -0.25) is 4.79 Å². The number of para-hydroxylation sites is 1. The molecule has 7 heteroatoms. The van der Waals surface area contributed by atoms with Gasteiger partial charge >= 0.3 is 0 Å². The van der Waals surface area contributed by atoms with Crippen LogP contribution in [-0.2, 0) is 0 Å². The second-order valence-electron chi connectivity index (χ2n) is 6.91. The number of hydrazone groups is 1. The van der Waals surface area contributed by atoms with Crippen molar-refractivity contribution in [3.8, 4) is 16.9 Å². The van der Waals surface area contributed by atoms with Crippen molar-refractivity contribution >= 4 is 35.3 Å². The number of hydrogen-bond acceptors (Lipinski definition) is 3. The summed E-state index contributed by atoms with van der Waals surface area (Å²) in [6, 6.07) is 22.5. The first-order valence-corrected chi connectivity index (χ1v) is 10.3. The molecule has 0 saturated carbocycles. The maximum atomic E-state index is 12.4. The number of amides is 1. The molecular formula is C24H18Cl2N4O. The predicted molar refractivity (Wildman–Crippen MR) is 125 cm³/mol. The van der Waals surface area contributed by atoms with Gasteiger partial charge in [0.1, 0.15) is 5.69 Å². The van der Waals surface area contributed by atoms with Crippen LogP contribution in [0.4, 0.5) is 0 Å². The summed E-state index contributed by atoms with van der Waals surface area (Å²) in [4.78, 5) is 12.4. The molecule has 0 aliphatic heterocycles. The molecule has 5 nitrogen and oxygen atoms in total. The summed E-state index contributed by atoms with van der Waals surface area (Å²) in [6.45, 7) is 2.03. The first-order chi connectivity index (χ1) is 15.0. The topological polar surface area (TPSA) is 59.3 Å². The van der Waals surface area contributed by atoms with Gasteiger partial charge in [-0.1, -0.05) is 65.2 Å². The van der Waals surface area contributed by atoms with E-state index in [0.717, 1.165) is 28.1 Å². The standard InChI is InChI=1S/C24H18Cl2N4O/c1-16-6-5-7-17(12-16)23-18(15-30(29-23)20-8-3-2-4-9-20)14-27-28-24(31)21-11-10-19(25)13-22(21)26/h2-15H,1H3,(H,28,31)/b27-14-. The molecule has 0 aliphatic carbocycles. The summed E-state index contributed by atoms with van der Waals surface area (Å²) in [5, 5.41) is 9.60. The van der Waals surface area contributed by atoms with Crippen molar-refractivity contribution in [2.75, 3.05) is 0 Å². The molecule has 0 atom stereocenters. The molecule has 0 spiro atoms. The third kappa shape index (κ3) is 4.85. The van der Waals surface area contributed by atoms with Gasteiger partial charge in [0, 0.05) is 22.3 Å². The van der Waals surface area contributed by atoms with Crippen LogP contribution in [-0.4, -0.2) is 21.9 Å². The minimum Gasteiger partial charge on any atom is -0.267 e. The molecule has 0 fully saturated rings. The third-order valence-electron chi connectivity index (χ3n) is 4.60. The lowest BCUT2D eigenvalue weighted by molar-refractivity contribution is 0.0955. The Labute approximate surface area is 189 Å². The lowest BCUT2D eigenvalue weighted by atomic mass is 10.1. The molecule has 1 N–H and O–H groups in total. The SMILES string of the molecule is Cc1cccc(-c2nn(-c3ccccc3)cc2/C=N\NC(=O)c2ccc(Cl)cc2Cl)c1. The van der Waals surface area contributed by atoms with E-state index in [1.54, 1.807) is 23.0 Å². The quantitative estimate of drug-likeness (QED) is 0.304. The van der Waals surface area contributed by atoms with E-state index < -0.39 is 5.91 Å². The van der Waals surface area contributed by atoms with E-state index in [1.807, 2.05) is 61.7 Å². The third-order valence-corrected chi connectivity index (χ3v) is 5.15. The van der Waals surface area contributed by atoms with Crippen LogP contribution in [0.3, 0.4) is 0 Å². The molecule has 0 unspecified atom stereocenters. The molecule has 3 aromatic carbocycles. The normalized spacial score (nSPS) is 11.1. The lowest BCUT2D eigenvalue weighted by Gasteiger charge is -2.03. The van der Waals surface area contributed by atoms with Gasteiger partial charge in [-0.2, -0.15) is 10.2 Å². The second-order valence-corrected chi connectivity index (χ2v) is 7.75. The number of carbonyl (C=O) groups is 1. The van der Waals surface area contributed by atoms with E-state index >= 15 is 0 Å². The average Bonchev–Trinajstić information content (AvgIpc) is 3.18. The van der Waals surface area contributed by atoms with Crippen molar-refractivity contribution in [1.29, 1.82) is 0 Å². The molecule has 1 heterocycles. The van der Waals surface area contributed by atoms with Crippen LogP contribution in [0.1, 0.15) is 21.5 Å². The van der Waals surface area contributed by atoms with Gasteiger partial charge in [-0.25, -0.2) is 10.1 Å². The zero-order chi connectivity index (χ0) is 21.8. The Morgan fingerprint density at radius 1 is 1.03 bits per heavy atom. The van der Waals surface area contributed by atoms with E-state index in [1.165, 1.54) is 6.07 Å². The number of benzene rings is 3. The monoisotopic (exact) mass is 448 g/mol. The summed E-state index contributed by atoms with van der Waals surface area (Å²) in [5.74, 6) is -0.425. The Kier molecular flexibility index (Phi) is 6.16. The van der Waals surface area contributed by atoms with Gasteiger partial charge in [0.05, 0.1) is 22.5 Å². The molecule has 1 amide bonds.